The average Bonchev–Trinajstić information content (AvgIpc) is 2.66. The number of allylic oxidation sites excluding steroid dienone is 1. The van der Waals surface area contributed by atoms with Gasteiger partial charge in [-0.2, -0.15) is 0 Å². The summed E-state index contributed by atoms with van der Waals surface area (Å²) >= 11 is 0. The third-order valence-corrected chi connectivity index (χ3v) is 1.86. The number of nitrogens with two attached hydrogens (primary N) is 1. The summed E-state index contributed by atoms with van der Waals surface area (Å²) in [5, 5.41) is 2.87. The van der Waals surface area contributed by atoms with Crippen molar-refractivity contribution in [3.8, 4) is 0 Å². The van der Waals surface area contributed by atoms with Gasteiger partial charge in [0.2, 0.25) is 0 Å². The number of aromatic nitrogens is 1. The van der Waals surface area contributed by atoms with Gasteiger partial charge >= 0.3 is 0 Å². The van der Waals surface area contributed by atoms with Crippen molar-refractivity contribution >= 4 is 12.1 Å². The van der Waals surface area contributed by atoms with Crippen LogP contribution in [0.25, 0.3) is 0 Å². The highest BCUT2D eigenvalue weighted by Gasteiger charge is 2.18. The Bertz CT molecular complexity index is 389. The van der Waals surface area contributed by atoms with E-state index in [2.05, 4.69) is 10.3 Å². The van der Waals surface area contributed by atoms with Gasteiger partial charge in [0.1, 0.15) is 17.8 Å². The van der Waals surface area contributed by atoms with Gasteiger partial charge in [-0.3, -0.25) is 4.79 Å². The Morgan fingerprint density at radius 1 is 1.64 bits per heavy atom. The Morgan fingerprint density at radius 3 is 3.14 bits per heavy atom. The van der Waals surface area contributed by atoms with E-state index in [0.717, 1.165) is 5.56 Å². The zero-order chi connectivity index (χ0) is 9.97. The minimum atomic E-state index is -0.347. The van der Waals surface area contributed by atoms with Gasteiger partial charge in [-0.15, -0.1) is 0 Å². The van der Waals surface area contributed by atoms with Crippen LogP contribution in [0.5, 0.6) is 0 Å². The van der Waals surface area contributed by atoms with Gasteiger partial charge < -0.3 is 15.8 Å². The van der Waals surface area contributed by atoms with E-state index >= 15 is 0 Å². The fraction of sp³-hybridized carbons (Fsp3) is 0.111. The third kappa shape index (κ3) is 1.52. The normalized spacial score (nSPS) is 19.4. The van der Waals surface area contributed by atoms with Crippen molar-refractivity contribution in [1.29, 1.82) is 0 Å². The summed E-state index contributed by atoms with van der Waals surface area (Å²) in [5.41, 5.74) is 6.77. The Balaban J connectivity index is 2.15. The average molecular weight is 191 g/mol. The lowest BCUT2D eigenvalue weighted by Gasteiger charge is -2.11. The number of ether oxygens (including phenoxy) is 1. The number of nitrogen functional groups attached to an aromatic ring is 1. The van der Waals surface area contributed by atoms with Crippen LogP contribution < -0.4 is 11.1 Å². The topological polar surface area (TPSA) is 77.2 Å². The number of nitrogens with zero attached hydrogens (tertiary/aromatic N) is 1. The van der Waals surface area contributed by atoms with E-state index in [1.807, 2.05) is 0 Å². The fourth-order valence-corrected chi connectivity index (χ4v) is 1.21. The van der Waals surface area contributed by atoms with E-state index in [-0.39, 0.29) is 6.23 Å². The molecule has 1 aliphatic heterocycles. The summed E-state index contributed by atoms with van der Waals surface area (Å²) in [7, 11) is 0. The lowest BCUT2D eigenvalue weighted by Crippen LogP contribution is -2.16. The molecule has 0 aromatic carbocycles. The van der Waals surface area contributed by atoms with Gasteiger partial charge in [0.15, 0.2) is 12.5 Å². The molecule has 0 saturated carbocycles. The highest BCUT2D eigenvalue weighted by atomic mass is 16.5. The summed E-state index contributed by atoms with van der Waals surface area (Å²) in [6.45, 7) is 0. The van der Waals surface area contributed by atoms with Crippen LogP contribution in [-0.4, -0.2) is 11.3 Å². The van der Waals surface area contributed by atoms with Crippen molar-refractivity contribution in [2.75, 3.05) is 5.73 Å². The van der Waals surface area contributed by atoms with Gasteiger partial charge in [0.25, 0.3) is 0 Å². The summed E-state index contributed by atoms with van der Waals surface area (Å²) in [6, 6.07) is 3.47. The molecule has 0 saturated heterocycles. The van der Waals surface area contributed by atoms with Gasteiger partial charge in [0.05, 0.1) is 0 Å². The molecule has 1 unspecified atom stereocenters. The zero-order valence-electron chi connectivity index (χ0n) is 7.31. The number of carbonyl (C=O) groups excluding carboxylic acids is 1. The molecule has 3 N–H and O–H groups in total. The highest BCUT2D eigenvalue weighted by molar-refractivity contribution is 5.72. The van der Waals surface area contributed by atoms with Crippen molar-refractivity contribution in [2.45, 2.75) is 6.23 Å². The van der Waals surface area contributed by atoms with Crippen LogP contribution in [-0.2, 0) is 9.53 Å². The molecule has 0 bridgehead atoms. The van der Waals surface area contributed by atoms with Crippen LogP contribution in [0.1, 0.15) is 11.8 Å². The second-order valence-corrected chi connectivity index (χ2v) is 2.87. The molecular formula is C9H9N3O2. The second-order valence-electron chi connectivity index (χ2n) is 2.87. The summed E-state index contributed by atoms with van der Waals surface area (Å²) < 4.78 is 5.21. The molecule has 1 aromatic rings. The Hall–Kier alpha value is -2.04. The molecular weight excluding hydrogens is 182 g/mol. The van der Waals surface area contributed by atoms with Crippen LogP contribution >= 0.6 is 0 Å². The Kier molecular flexibility index (Phi) is 2.06. The fourth-order valence-electron chi connectivity index (χ4n) is 1.21. The predicted molar refractivity (Wildman–Crippen MR) is 49.8 cm³/mol. The Labute approximate surface area is 80.6 Å². The van der Waals surface area contributed by atoms with E-state index in [1.165, 1.54) is 6.26 Å². The summed E-state index contributed by atoms with van der Waals surface area (Å²) in [5.74, 6) is 0.424. The van der Waals surface area contributed by atoms with E-state index in [1.54, 1.807) is 18.3 Å². The first-order valence-corrected chi connectivity index (χ1v) is 4.08. The lowest BCUT2D eigenvalue weighted by atomic mass is 10.2. The maximum absolute atomic E-state index is 10.4. The minimum Gasteiger partial charge on any atom is -0.472 e. The molecule has 0 aliphatic carbocycles. The lowest BCUT2D eigenvalue weighted by molar-refractivity contribution is -0.105. The van der Waals surface area contributed by atoms with Crippen LogP contribution in [0.4, 0.5) is 5.82 Å². The number of aldehydes is 1. The van der Waals surface area contributed by atoms with Crippen molar-refractivity contribution < 1.29 is 9.53 Å². The van der Waals surface area contributed by atoms with Crippen molar-refractivity contribution in [3.05, 3.63) is 35.9 Å². The smallest absolute Gasteiger partial charge is 0.195 e. The molecule has 2 heterocycles. The molecule has 14 heavy (non-hydrogen) atoms. The molecule has 1 atom stereocenters. The number of hydrogen-bond donors (Lipinski definition) is 2. The molecule has 1 aromatic heterocycles. The van der Waals surface area contributed by atoms with E-state index in [4.69, 9.17) is 10.5 Å². The number of carbonyl (C=O) groups is 1. The predicted octanol–water partition coefficient (Wildman–Crippen LogP) is 0.322. The number of pyridine rings is 1. The van der Waals surface area contributed by atoms with Gasteiger partial charge in [-0.25, -0.2) is 4.98 Å². The largest absolute Gasteiger partial charge is 0.472 e. The monoisotopic (exact) mass is 191 g/mol. The van der Waals surface area contributed by atoms with Gasteiger partial charge in [-0.1, -0.05) is 0 Å². The van der Waals surface area contributed by atoms with E-state index in [0.29, 0.717) is 17.8 Å². The standard InChI is InChI=1S/C9H9N3O2/c10-8-3-6(1-2-11-8)9-12-7(4-13)5-14-9/h1-5,9,12H,(H2,10,11). The molecule has 5 heteroatoms. The molecule has 2 rings (SSSR count). The van der Waals surface area contributed by atoms with Crippen molar-refractivity contribution in [1.82, 2.24) is 10.3 Å². The second kappa shape index (κ2) is 3.37. The maximum atomic E-state index is 10.4. The van der Waals surface area contributed by atoms with Crippen LogP contribution in [0.2, 0.25) is 0 Å². The van der Waals surface area contributed by atoms with E-state index in [9.17, 15) is 4.79 Å². The SMILES string of the molecule is Nc1cc(C2NC(C=O)=CO2)ccn1. The zero-order valence-corrected chi connectivity index (χ0v) is 7.31. The maximum Gasteiger partial charge on any atom is 0.195 e. The summed E-state index contributed by atoms with van der Waals surface area (Å²) in [4.78, 5) is 14.3. The number of anilines is 1. The number of hydrogen-bond acceptors (Lipinski definition) is 5. The highest BCUT2D eigenvalue weighted by Crippen LogP contribution is 2.21. The molecule has 0 spiro atoms. The van der Waals surface area contributed by atoms with Crippen LogP contribution in [0.3, 0.4) is 0 Å². The van der Waals surface area contributed by atoms with Gasteiger partial charge in [-0.05, 0) is 12.1 Å². The van der Waals surface area contributed by atoms with Crippen molar-refractivity contribution in [3.63, 3.8) is 0 Å². The van der Waals surface area contributed by atoms with Gasteiger partial charge in [0, 0.05) is 11.8 Å². The Morgan fingerprint density at radius 2 is 2.50 bits per heavy atom. The minimum absolute atomic E-state index is 0.347. The number of rotatable bonds is 2. The molecule has 0 amide bonds. The van der Waals surface area contributed by atoms with Crippen molar-refractivity contribution in [2.24, 2.45) is 0 Å². The molecule has 0 fully saturated rings. The first-order chi connectivity index (χ1) is 6.79. The first-order valence-electron chi connectivity index (χ1n) is 4.08. The first kappa shape index (κ1) is 8.55. The van der Waals surface area contributed by atoms with Crippen LogP contribution in [0, 0.1) is 0 Å². The summed E-state index contributed by atoms with van der Waals surface area (Å²) in [6.07, 6.45) is 3.33. The molecule has 0 radical (unpaired) electrons. The number of nitrogens with one attached hydrogen (secondary N) is 1. The van der Waals surface area contributed by atoms with E-state index < -0.39 is 0 Å². The third-order valence-electron chi connectivity index (χ3n) is 1.86. The molecule has 72 valence electrons. The molecule has 1 aliphatic rings. The quantitative estimate of drug-likeness (QED) is 0.658. The van der Waals surface area contributed by atoms with Crippen LogP contribution in [0.15, 0.2) is 30.3 Å². The molecule has 5 nitrogen and oxygen atoms in total.